The first-order chi connectivity index (χ1) is 13.2. The number of carbonyl (C=O) groups is 1. The molecular weight excluding hydrogens is 348 g/mol. The number of hydrogen-bond donors (Lipinski definition) is 0. The molecule has 0 radical (unpaired) electrons. The zero-order valence-corrected chi connectivity index (χ0v) is 17.8. The first-order valence-electron chi connectivity index (χ1n) is 10.6. The van der Waals surface area contributed by atoms with Crippen LogP contribution in [0.5, 0.6) is 0 Å². The Labute approximate surface area is 166 Å². The predicted molar refractivity (Wildman–Crippen MR) is 107 cm³/mol. The third kappa shape index (κ3) is 23.3. The molecule has 0 unspecified atom stereocenters. The topological polar surface area (TPSA) is 63.2 Å². The second-order valence-electron chi connectivity index (χ2n) is 6.95. The van der Waals surface area contributed by atoms with Crippen LogP contribution in [-0.4, -0.2) is 65.4 Å². The molecule has 0 aromatic heterocycles. The van der Waals surface area contributed by atoms with Crippen molar-refractivity contribution in [3.63, 3.8) is 0 Å². The maximum atomic E-state index is 11.6. The minimum Gasteiger partial charge on any atom is -0.466 e. The molecular formula is C21H42O6. The third-order valence-electron chi connectivity index (χ3n) is 3.93. The summed E-state index contributed by atoms with van der Waals surface area (Å²) in [6.07, 6.45) is 7.00. The summed E-state index contributed by atoms with van der Waals surface area (Å²) in [5.74, 6) is 0.655. The van der Waals surface area contributed by atoms with Crippen molar-refractivity contribution in [3.05, 3.63) is 0 Å². The zero-order chi connectivity index (χ0) is 20.0. The van der Waals surface area contributed by atoms with Gasteiger partial charge in [-0.25, -0.2) is 0 Å². The zero-order valence-electron chi connectivity index (χ0n) is 17.8. The van der Waals surface area contributed by atoms with E-state index >= 15 is 0 Å². The molecule has 0 aliphatic carbocycles. The van der Waals surface area contributed by atoms with E-state index in [4.69, 9.17) is 23.7 Å². The average molecular weight is 391 g/mol. The van der Waals surface area contributed by atoms with Gasteiger partial charge in [-0.05, 0) is 25.7 Å². The Morgan fingerprint density at radius 2 is 1.22 bits per heavy atom. The van der Waals surface area contributed by atoms with E-state index in [2.05, 4.69) is 13.8 Å². The molecule has 162 valence electrons. The molecule has 0 N–H and O–H groups in total. The summed E-state index contributed by atoms with van der Waals surface area (Å²) < 4.78 is 26.6. The van der Waals surface area contributed by atoms with Gasteiger partial charge in [0.15, 0.2) is 0 Å². The van der Waals surface area contributed by atoms with Crippen molar-refractivity contribution >= 4 is 5.97 Å². The van der Waals surface area contributed by atoms with E-state index in [9.17, 15) is 4.79 Å². The van der Waals surface area contributed by atoms with Crippen LogP contribution < -0.4 is 0 Å². The standard InChI is InChI=1S/C21H42O6/c1-4-23-14-15-25-18-19-26-17-16-24-12-9-11-21(22)27-13-8-6-5-7-10-20(2)3/h20H,4-19H2,1-3H3. The highest BCUT2D eigenvalue weighted by Crippen LogP contribution is 2.09. The first kappa shape index (κ1) is 26.3. The Balaban J connectivity index is 3.14. The van der Waals surface area contributed by atoms with Gasteiger partial charge in [-0.15, -0.1) is 0 Å². The fraction of sp³-hybridized carbons (Fsp3) is 0.952. The Bertz CT molecular complexity index is 309. The van der Waals surface area contributed by atoms with Crippen molar-refractivity contribution in [2.75, 3.05) is 59.5 Å². The molecule has 0 aromatic carbocycles. The van der Waals surface area contributed by atoms with Gasteiger partial charge in [0, 0.05) is 19.6 Å². The van der Waals surface area contributed by atoms with Crippen molar-refractivity contribution in [2.24, 2.45) is 5.92 Å². The minimum absolute atomic E-state index is 0.124. The molecule has 27 heavy (non-hydrogen) atoms. The van der Waals surface area contributed by atoms with Crippen LogP contribution in [0.3, 0.4) is 0 Å². The molecule has 6 nitrogen and oxygen atoms in total. The molecule has 0 bridgehead atoms. The molecule has 0 atom stereocenters. The van der Waals surface area contributed by atoms with Crippen LogP contribution in [0.4, 0.5) is 0 Å². The summed E-state index contributed by atoms with van der Waals surface area (Å²) in [4.78, 5) is 11.6. The van der Waals surface area contributed by atoms with E-state index in [-0.39, 0.29) is 5.97 Å². The van der Waals surface area contributed by atoms with Crippen LogP contribution in [0.1, 0.15) is 65.7 Å². The summed E-state index contributed by atoms with van der Waals surface area (Å²) in [7, 11) is 0. The third-order valence-corrected chi connectivity index (χ3v) is 3.93. The number of hydrogen-bond acceptors (Lipinski definition) is 6. The van der Waals surface area contributed by atoms with Crippen molar-refractivity contribution in [1.82, 2.24) is 0 Å². The Morgan fingerprint density at radius 3 is 1.81 bits per heavy atom. The predicted octanol–water partition coefficient (Wildman–Crippen LogP) is 4.00. The lowest BCUT2D eigenvalue weighted by Crippen LogP contribution is -2.12. The van der Waals surface area contributed by atoms with Crippen molar-refractivity contribution in [1.29, 1.82) is 0 Å². The van der Waals surface area contributed by atoms with Gasteiger partial charge in [-0.3, -0.25) is 4.79 Å². The van der Waals surface area contributed by atoms with E-state index < -0.39 is 0 Å². The average Bonchev–Trinajstić information content (AvgIpc) is 2.64. The molecule has 6 heteroatoms. The Hall–Kier alpha value is -0.690. The smallest absolute Gasteiger partial charge is 0.305 e. The van der Waals surface area contributed by atoms with Crippen molar-refractivity contribution in [2.45, 2.75) is 65.7 Å². The number of rotatable bonds is 21. The van der Waals surface area contributed by atoms with Gasteiger partial charge in [-0.1, -0.05) is 39.5 Å². The molecule has 0 aromatic rings. The highest BCUT2D eigenvalue weighted by Gasteiger charge is 2.03. The molecule has 0 aliphatic rings. The molecule has 0 fully saturated rings. The monoisotopic (exact) mass is 390 g/mol. The fourth-order valence-corrected chi connectivity index (χ4v) is 2.39. The van der Waals surface area contributed by atoms with E-state index in [1.165, 1.54) is 19.3 Å². The highest BCUT2D eigenvalue weighted by atomic mass is 16.6. The van der Waals surface area contributed by atoms with Gasteiger partial charge in [0.25, 0.3) is 0 Å². The number of carbonyl (C=O) groups excluding carboxylic acids is 1. The van der Waals surface area contributed by atoms with Gasteiger partial charge >= 0.3 is 5.97 Å². The molecule has 0 amide bonds. The normalized spacial score (nSPS) is 11.3. The maximum absolute atomic E-state index is 11.6. The Kier molecular flexibility index (Phi) is 21.1. The first-order valence-corrected chi connectivity index (χ1v) is 10.6. The summed E-state index contributed by atoms with van der Waals surface area (Å²) in [6.45, 7) is 11.7. The van der Waals surface area contributed by atoms with Crippen LogP contribution in [0.25, 0.3) is 0 Å². The second kappa shape index (κ2) is 21.6. The highest BCUT2D eigenvalue weighted by molar-refractivity contribution is 5.69. The maximum Gasteiger partial charge on any atom is 0.305 e. The molecule has 0 heterocycles. The molecule has 0 saturated carbocycles. The minimum atomic E-state index is -0.124. The number of esters is 1. The number of unbranched alkanes of at least 4 members (excludes halogenated alkanes) is 3. The van der Waals surface area contributed by atoms with Gasteiger partial charge in [0.1, 0.15) is 0 Å². The largest absolute Gasteiger partial charge is 0.466 e. The van der Waals surface area contributed by atoms with Crippen LogP contribution in [-0.2, 0) is 28.5 Å². The lowest BCUT2D eigenvalue weighted by Gasteiger charge is -2.07. The lowest BCUT2D eigenvalue weighted by atomic mass is 10.0. The van der Waals surface area contributed by atoms with Crippen LogP contribution in [0.2, 0.25) is 0 Å². The van der Waals surface area contributed by atoms with Gasteiger partial charge in [0.2, 0.25) is 0 Å². The van der Waals surface area contributed by atoms with E-state index in [1.54, 1.807) is 0 Å². The van der Waals surface area contributed by atoms with Crippen LogP contribution in [0, 0.1) is 5.92 Å². The second-order valence-corrected chi connectivity index (χ2v) is 6.95. The Morgan fingerprint density at radius 1 is 0.667 bits per heavy atom. The molecule has 0 spiro atoms. The SMILES string of the molecule is CCOCCOCCOCCOCCCC(=O)OCCCCCCC(C)C. The van der Waals surface area contributed by atoms with Gasteiger partial charge in [-0.2, -0.15) is 0 Å². The van der Waals surface area contributed by atoms with Crippen molar-refractivity contribution < 1.29 is 28.5 Å². The quantitative estimate of drug-likeness (QED) is 0.218. The van der Waals surface area contributed by atoms with Gasteiger partial charge < -0.3 is 23.7 Å². The lowest BCUT2D eigenvalue weighted by molar-refractivity contribution is -0.144. The van der Waals surface area contributed by atoms with Crippen LogP contribution in [0.15, 0.2) is 0 Å². The fourth-order valence-electron chi connectivity index (χ4n) is 2.39. The molecule has 0 rings (SSSR count). The van der Waals surface area contributed by atoms with Gasteiger partial charge in [0.05, 0.1) is 46.2 Å². The van der Waals surface area contributed by atoms with Crippen molar-refractivity contribution in [3.8, 4) is 0 Å². The summed E-state index contributed by atoms with van der Waals surface area (Å²) in [5.41, 5.74) is 0. The van der Waals surface area contributed by atoms with E-state index in [0.29, 0.717) is 72.3 Å². The molecule has 0 aliphatic heterocycles. The van der Waals surface area contributed by atoms with Crippen LogP contribution >= 0.6 is 0 Å². The molecule has 0 saturated heterocycles. The van der Waals surface area contributed by atoms with E-state index in [0.717, 1.165) is 18.8 Å². The summed E-state index contributed by atoms with van der Waals surface area (Å²) in [5, 5.41) is 0. The summed E-state index contributed by atoms with van der Waals surface area (Å²) in [6, 6.07) is 0. The van der Waals surface area contributed by atoms with E-state index in [1.807, 2.05) is 6.92 Å². The number of ether oxygens (including phenoxy) is 5. The summed E-state index contributed by atoms with van der Waals surface area (Å²) >= 11 is 0.